The van der Waals surface area contributed by atoms with Crippen molar-refractivity contribution in [2.45, 2.75) is 25.7 Å². The molecule has 0 bridgehead atoms. The quantitative estimate of drug-likeness (QED) is 0.354. The lowest BCUT2D eigenvalue weighted by atomic mass is 10.1. The van der Waals surface area contributed by atoms with Gasteiger partial charge in [0, 0.05) is 31.0 Å². The molecule has 0 saturated carbocycles. The van der Waals surface area contributed by atoms with Gasteiger partial charge in [-0.05, 0) is 67.7 Å². The fraction of sp³-hybridized carbons (Fsp3) is 0.333. The molecule has 3 rings (SSSR count). The van der Waals surface area contributed by atoms with E-state index in [4.69, 9.17) is 9.47 Å². The van der Waals surface area contributed by atoms with Crippen molar-refractivity contribution in [1.82, 2.24) is 20.2 Å². The molecule has 1 amide bonds. The topological polar surface area (TPSA) is 77.4 Å². The van der Waals surface area contributed by atoms with Crippen molar-refractivity contribution in [2.75, 3.05) is 33.9 Å². The number of hydrogen-bond donors (Lipinski definition) is 2. The third-order valence-electron chi connectivity index (χ3n) is 5.41. The van der Waals surface area contributed by atoms with E-state index < -0.39 is 0 Å². The van der Waals surface area contributed by atoms with Crippen LogP contribution in [0.2, 0.25) is 0 Å². The second-order valence-corrected chi connectivity index (χ2v) is 7.92. The first kappa shape index (κ1) is 25.1. The van der Waals surface area contributed by atoms with E-state index in [9.17, 15) is 4.79 Å². The molecular weight excluding hydrogens is 428 g/mol. The van der Waals surface area contributed by atoms with Gasteiger partial charge in [0.25, 0.3) is 0 Å². The molecule has 0 spiro atoms. The predicted molar refractivity (Wildman–Crippen MR) is 136 cm³/mol. The third-order valence-corrected chi connectivity index (χ3v) is 5.41. The van der Waals surface area contributed by atoms with Gasteiger partial charge < -0.3 is 24.7 Å². The molecule has 0 aliphatic heterocycles. The van der Waals surface area contributed by atoms with Crippen LogP contribution in [0, 0.1) is 0 Å². The maximum absolute atomic E-state index is 12.1. The molecular formula is C27H34N4O3. The van der Waals surface area contributed by atoms with Crippen molar-refractivity contribution in [3.63, 3.8) is 0 Å². The zero-order valence-electron chi connectivity index (χ0n) is 20.0. The number of benzene rings is 2. The molecule has 7 heteroatoms. The smallest absolute Gasteiger partial charge is 0.223 e. The molecule has 2 aromatic carbocycles. The molecule has 0 saturated heterocycles. The first-order valence-corrected chi connectivity index (χ1v) is 11.6. The van der Waals surface area contributed by atoms with Crippen LogP contribution in [0.3, 0.4) is 0 Å². The van der Waals surface area contributed by atoms with Crippen molar-refractivity contribution >= 4 is 12.0 Å². The molecule has 34 heavy (non-hydrogen) atoms. The molecule has 180 valence electrons. The van der Waals surface area contributed by atoms with E-state index in [-0.39, 0.29) is 5.91 Å². The number of hydrogen-bond acceptors (Lipinski definition) is 5. The zero-order valence-corrected chi connectivity index (χ0v) is 20.0. The van der Waals surface area contributed by atoms with Crippen molar-refractivity contribution in [2.24, 2.45) is 0 Å². The van der Waals surface area contributed by atoms with Gasteiger partial charge >= 0.3 is 0 Å². The van der Waals surface area contributed by atoms with Gasteiger partial charge in [0.2, 0.25) is 5.91 Å². The average Bonchev–Trinajstić information content (AvgIpc) is 3.41. The second-order valence-electron chi connectivity index (χ2n) is 7.92. The van der Waals surface area contributed by atoms with Crippen LogP contribution in [0.1, 0.15) is 30.4 Å². The second kappa shape index (κ2) is 13.9. The number of methoxy groups -OCH3 is 2. The molecule has 7 nitrogen and oxygen atoms in total. The summed E-state index contributed by atoms with van der Waals surface area (Å²) in [6.45, 7) is 2.48. The standard InChI is InChI=1S/C27H34N4O3/c1-33-25-13-12-23(20-26(25)34-2)9-5-14-28-15-6-16-30-27(32)11-4-8-22-7-3-10-24(19-22)31-18-17-29-21-31/h3-4,7-8,10,12-13,17-21,28H,5-6,9,11,14-16H2,1-2H3,(H,30,32)/b8-4+. The lowest BCUT2D eigenvalue weighted by molar-refractivity contribution is -0.120. The highest BCUT2D eigenvalue weighted by molar-refractivity contribution is 5.78. The van der Waals surface area contributed by atoms with Gasteiger partial charge in [0.15, 0.2) is 11.5 Å². The van der Waals surface area contributed by atoms with Gasteiger partial charge in [0.05, 0.1) is 20.5 Å². The SMILES string of the molecule is COc1ccc(CCCNCCCNC(=O)C/C=C/c2cccc(-n3ccnc3)c2)cc1OC. The van der Waals surface area contributed by atoms with Crippen molar-refractivity contribution in [1.29, 1.82) is 0 Å². The monoisotopic (exact) mass is 462 g/mol. The minimum Gasteiger partial charge on any atom is -0.493 e. The van der Waals surface area contributed by atoms with Crippen LogP contribution in [0.5, 0.6) is 11.5 Å². The summed E-state index contributed by atoms with van der Waals surface area (Å²) in [6, 6.07) is 14.1. The van der Waals surface area contributed by atoms with Crippen LogP contribution in [0.4, 0.5) is 0 Å². The molecule has 2 N–H and O–H groups in total. The van der Waals surface area contributed by atoms with Crippen LogP contribution >= 0.6 is 0 Å². The summed E-state index contributed by atoms with van der Waals surface area (Å²) in [4.78, 5) is 16.1. The Labute approximate surface area is 201 Å². The summed E-state index contributed by atoms with van der Waals surface area (Å²) >= 11 is 0. The van der Waals surface area contributed by atoms with Gasteiger partial charge in [-0.2, -0.15) is 0 Å². The largest absolute Gasteiger partial charge is 0.493 e. The van der Waals surface area contributed by atoms with E-state index in [1.165, 1.54) is 5.56 Å². The highest BCUT2D eigenvalue weighted by atomic mass is 16.5. The number of rotatable bonds is 14. The molecule has 0 fully saturated rings. The van der Waals surface area contributed by atoms with Gasteiger partial charge in [-0.3, -0.25) is 4.79 Å². The van der Waals surface area contributed by atoms with Gasteiger partial charge in [-0.1, -0.05) is 30.4 Å². The van der Waals surface area contributed by atoms with Crippen molar-refractivity contribution in [3.8, 4) is 17.2 Å². The highest BCUT2D eigenvalue weighted by Gasteiger charge is 2.04. The molecule has 0 aliphatic rings. The maximum Gasteiger partial charge on any atom is 0.223 e. The summed E-state index contributed by atoms with van der Waals surface area (Å²) in [5.74, 6) is 1.55. The minimum atomic E-state index is 0.0375. The summed E-state index contributed by atoms with van der Waals surface area (Å²) in [5, 5.41) is 6.41. The zero-order chi connectivity index (χ0) is 24.0. The Morgan fingerprint density at radius 3 is 2.68 bits per heavy atom. The van der Waals surface area contributed by atoms with Gasteiger partial charge in [-0.25, -0.2) is 4.98 Å². The minimum absolute atomic E-state index is 0.0375. The fourth-order valence-electron chi connectivity index (χ4n) is 3.59. The number of carbonyl (C=O) groups excluding carboxylic acids is 1. The molecule has 1 heterocycles. The first-order chi connectivity index (χ1) is 16.7. The third kappa shape index (κ3) is 8.08. The molecule has 0 aliphatic carbocycles. The van der Waals surface area contributed by atoms with Crippen LogP contribution < -0.4 is 20.1 Å². The summed E-state index contributed by atoms with van der Waals surface area (Å²) < 4.78 is 12.6. The molecule has 0 radical (unpaired) electrons. The Morgan fingerprint density at radius 1 is 1.03 bits per heavy atom. The Kier molecular flexibility index (Phi) is 10.2. The lowest BCUT2D eigenvalue weighted by Gasteiger charge is -2.10. The van der Waals surface area contributed by atoms with E-state index in [0.29, 0.717) is 13.0 Å². The van der Waals surface area contributed by atoms with Crippen LogP contribution in [-0.2, 0) is 11.2 Å². The number of ether oxygens (including phenoxy) is 2. The molecule has 1 aromatic heterocycles. The van der Waals surface area contributed by atoms with E-state index >= 15 is 0 Å². The predicted octanol–water partition coefficient (Wildman–Crippen LogP) is 4.02. The van der Waals surface area contributed by atoms with E-state index in [1.54, 1.807) is 26.7 Å². The number of imidazole rings is 1. The summed E-state index contributed by atoms with van der Waals surface area (Å²) in [7, 11) is 3.30. The van der Waals surface area contributed by atoms with E-state index in [0.717, 1.165) is 55.1 Å². The van der Waals surface area contributed by atoms with Gasteiger partial charge in [-0.15, -0.1) is 0 Å². The number of carbonyl (C=O) groups is 1. The van der Waals surface area contributed by atoms with Crippen LogP contribution in [0.25, 0.3) is 11.8 Å². The number of aryl methyl sites for hydroxylation is 1. The number of nitrogens with zero attached hydrogens (tertiary/aromatic N) is 2. The lowest BCUT2D eigenvalue weighted by Crippen LogP contribution is -2.27. The Morgan fingerprint density at radius 2 is 1.88 bits per heavy atom. The Bertz CT molecular complexity index is 1050. The summed E-state index contributed by atoms with van der Waals surface area (Å²) in [5.41, 5.74) is 3.32. The number of nitrogens with one attached hydrogen (secondary N) is 2. The summed E-state index contributed by atoms with van der Waals surface area (Å²) in [6.07, 6.45) is 12.6. The Balaban J connectivity index is 1.25. The van der Waals surface area contributed by atoms with Gasteiger partial charge in [0.1, 0.15) is 0 Å². The van der Waals surface area contributed by atoms with E-state index in [1.807, 2.05) is 53.2 Å². The molecule has 0 unspecified atom stereocenters. The fourth-order valence-corrected chi connectivity index (χ4v) is 3.59. The normalized spacial score (nSPS) is 11.0. The van der Waals surface area contributed by atoms with Crippen LogP contribution in [0.15, 0.2) is 67.3 Å². The van der Waals surface area contributed by atoms with Crippen molar-refractivity contribution < 1.29 is 14.3 Å². The number of amides is 1. The molecule has 3 aromatic rings. The van der Waals surface area contributed by atoms with Crippen LogP contribution in [-0.4, -0.2) is 49.3 Å². The maximum atomic E-state index is 12.1. The highest BCUT2D eigenvalue weighted by Crippen LogP contribution is 2.27. The average molecular weight is 463 g/mol. The molecule has 0 atom stereocenters. The van der Waals surface area contributed by atoms with Crippen molar-refractivity contribution in [3.05, 3.63) is 78.4 Å². The number of aromatic nitrogens is 2. The first-order valence-electron chi connectivity index (χ1n) is 11.6. The Hall–Kier alpha value is -3.58. The van der Waals surface area contributed by atoms with E-state index in [2.05, 4.69) is 27.8 Å².